The number of benzene rings is 2. The monoisotopic (exact) mass is 833 g/mol. The number of carbonyl (C=O) groups is 1. The fourth-order valence-corrected chi connectivity index (χ4v) is 12.9. The molecule has 6 aliphatic heterocycles. The lowest BCUT2D eigenvalue weighted by atomic mass is 9.70. The molecule has 8 fully saturated rings. The van der Waals surface area contributed by atoms with Gasteiger partial charge in [-0.15, -0.1) is 35.1 Å². The summed E-state index contributed by atoms with van der Waals surface area (Å²) in [5.74, 6) is 2.66. The van der Waals surface area contributed by atoms with Gasteiger partial charge in [-0.3, -0.25) is 14.6 Å². The Kier molecular flexibility index (Phi) is 13.9. The van der Waals surface area contributed by atoms with Gasteiger partial charge < -0.3 is 5.73 Å². The van der Waals surface area contributed by atoms with Crippen molar-refractivity contribution in [2.75, 3.05) is 32.4 Å². The average Bonchev–Trinajstić information content (AvgIpc) is 4.01. The maximum atomic E-state index is 13.0. The quantitative estimate of drug-likeness (QED) is 0.220. The normalized spacial score (nSPS) is 26.9. The van der Waals surface area contributed by atoms with E-state index in [0.29, 0.717) is 33.7 Å². The number of sulfone groups is 1. The average molecular weight is 835 g/mol. The summed E-state index contributed by atoms with van der Waals surface area (Å²) in [6.45, 7) is 7.35. The van der Waals surface area contributed by atoms with Crippen molar-refractivity contribution in [3.05, 3.63) is 64.4 Å². The lowest BCUT2D eigenvalue weighted by Gasteiger charge is -2.52. The van der Waals surface area contributed by atoms with Crippen LogP contribution in [0, 0.1) is 24.7 Å². The Bertz CT molecular complexity index is 2100. The third-order valence-corrected chi connectivity index (χ3v) is 16.1. The zero-order valence-electron chi connectivity index (χ0n) is 30.6. The summed E-state index contributed by atoms with van der Waals surface area (Å²) in [5, 5.41) is 4.13. The number of hydrogen-bond acceptors (Lipinski definition) is 12. The second kappa shape index (κ2) is 17.7. The molecule has 8 heterocycles. The SMILES string of the molecule is CS(=O)(=O)c1cccc2ccsc12.Cc1cccc2cc(C(=O)C[C@@H]3C4CCN(CC4)C34CC4)sc12.Cl.N[C@@H]1C2CCN(CC2)C12CC2.O=C=O.O=S=O. The molecule has 2 saturated carbocycles. The molecule has 2 spiro atoms. The van der Waals surface area contributed by atoms with Gasteiger partial charge in [0, 0.05) is 34.5 Å². The molecule has 6 saturated heterocycles. The largest absolute Gasteiger partial charge is 0.373 e. The van der Waals surface area contributed by atoms with E-state index in [9.17, 15) is 13.2 Å². The third kappa shape index (κ3) is 8.67. The molecular weight excluding hydrogens is 786 g/mol. The molecule has 54 heavy (non-hydrogen) atoms. The molecule has 15 heteroatoms. The summed E-state index contributed by atoms with van der Waals surface area (Å²) in [6, 6.07) is 16.3. The van der Waals surface area contributed by atoms with Crippen molar-refractivity contribution in [2.45, 2.75) is 86.7 Å². The number of Topliss-reactive ketones (excluding diaryl/α,β-unsaturated/α-hetero) is 1. The number of thiophene rings is 2. The van der Waals surface area contributed by atoms with Gasteiger partial charge in [0.15, 0.2) is 15.6 Å². The summed E-state index contributed by atoms with van der Waals surface area (Å²) >= 11 is 2.41. The van der Waals surface area contributed by atoms with Crippen LogP contribution in [-0.4, -0.2) is 88.1 Å². The van der Waals surface area contributed by atoms with Crippen LogP contribution in [0.3, 0.4) is 0 Å². The number of piperidine rings is 6. The molecule has 12 rings (SSSR count). The van der Waals surface area contributed by atoms with Gasteiger partial charge in [-0.1, -0.05) is 30.3 Å². The van der Waals surface area contributed by atoms with Crippen molar-refractivity contribution >= 4 is 88.6 Å². The van der Waals surface area contributed by atoms with Gasteiger partial charge in [0.05, 0.1) is 14.5 Å². The van der Waals surface area contributed by atoms with Gasteiger partial charge in [-0.2, -0.15) is 18.0 Å². The standard InChI is InChI=1S/C20H23NOS.C9H16N2.C9H8O2S2.CO2.ClH.O2S/c1-13-3-2-4-15-11-18(23-19(13)15)17(22)12-16-14-5-9-21(10-6-14)20(16)7-8-20;10-8-7-1-5-11(6-2-7)9(8)3-4-9;1-13(10,11)8-4-2-3-7-5-6-12-9(7)8;2-1-3;;1-3-2/h2-4,11,14,16H,5-10,12H2,1H3;7-8H,1-6,10H2;2-6H,1H3;;1H;/t16-;8-;;;;/m11..../s1. The minimum atomic E-state index is -3.09. The number of nitrogens with two attached hydrogens (primary N) is 1. The minimum Gasteiger partial charge on any atom is -0.326 e. The van der Waals surface area contributed by atoms with E-state index < -0.39 is 21.4 Å². The minimum absolute atomic E-state index is 0. The molecule has 4 aromatic rings. The van der Waals surface area contributed by atoms with Crippen LogP contribution in [0.2, 0.25) is 0 Å². The molecule has 0 unspecified atom stereocenters. The Labute approximate surface area is 334 Å². The van der Waals surface area contributed by atoms with E-state index in [4.69, 9.17) is 23.7 Å². The van der Waals surface area contributed by atoms with E-state index in [1.165, 1.54) is 111 Å². The first kappa shape index (κ1) is 42.5. The van der Waals surface area contributed by atoms with Crippen LogP contribution >= 0.6 is 35.1 Å². The molecule has 8 aliphatic rings. The van der Waals surface area contributed by atoms with E-state index in [0.717, 1.165) is 33.2 Å². The molecule has 2 aliphatic carbocycles. The van der Waals surface area contributed by atoms with Crippen LogP contribution in [-0.2, 0) is 31.0 Å². The topological polar surface area (TPSA) is 152 Å². The summed E-state index contributed by atoms with van der Waals surface area (Å²) in [7, 11) is -3.09. The predicted octanol–water partition coefficient (Wildman–Crippen LogP) is 6.70. The Morgan fingerprint density at radius 3 is 1.93 bits per heavy atom. The van der Waals surface area contributed by atoms with Crippen LogP contribution in [0.1, 0.15) is 73.0 Å². The van der Waals surface area contributed by atoms with E-state index in [-0.39, 0.29) is 18.6 Å². The molecule has 292 valence electrons. The van der Waals surface area contributed by atoms with Crippen LogP contribution in [0.25, 0.3) is 20.2 Å². The van der Waals surface area contributed by atoms with Crippen molar-refractivity contribution in [3.8, 4) is 0 Å². The molecule has 10 nitrogen and oxygen atoms in total. The van der Waals surface area contributed by atoms with E-state index in [1.807, 2.05) is 17.5 Å². The number of carbonyl (C=O) groups excluding carboxylic acids is 3. The highest BCUT2D eigenvalue weighted by Gasteiger charge is 2.60. The Morgan fingerprint density at radius 2 is 1.41 bits per heavy atom. The maximum Gasteiger partial charge on any atom is 0.373 e. The van der Waals surface area contributed by atoms with Gasteiger partial charge in [0.25, 0.3) is 0 Å². The molecule has 0 amide bonds. The van der Waals surface area contributed by atoms with Gasteiger partial charge in [-0.05, 0) is 142 Å². The molecule has 2 aromatic heterocycles. The first-order valence-corrected chi connectivity index (χ1v) is 22.5. The van der Waals surface area contributed by atoms with Crippen LogP contribution in [0.4, 0.5) is 0 Å². The van der Waals surface area contributed by atoms with Crippen molar-refractivity contribution in [3.63, 3.8) is 0 Å². The summed E-state index contributed by atoms with van der Waals surface area (Å²) in [4.78, 5) is 36.0. The first-order valence-electron chi connectivity index (χ1n) is 18.3. The fourth-order valence-electron chi connectivity index (χ4n) is 9.63. The molecule has 2 aromatic carbocycles. The lowest BCUT2D eigenvalue weighted by Crippen LogP contribution is -2.63. The van der Waals surface area contributed by atoms with Gasteiger partial charge in [-0.25, -0.2) is 8.42 Å². The van der Waals surface area contributed by atoms with Crippen LogP contribution in [0.15, 0.2) is 58.8 Å². The van der Waals surface area contributed by atoms with E-state index in [2.05, 4.69) is 41.0 Å². The lowest BCUT2D eigenvalue weighted by molar-refractivity contribution is -0.191. The van der Waals surface area contributed by atoms with E-state index in [1.54, 1.807) is 23.5 Å². The highest BCUT2D eigenvalue weighted by atomic mass is 35.5. The number of halogens is 1. The molecular formula is C39H48ClN3O7S4. The Morgan fingerprint density at radius 1 is 0.870 bits per heavy atom. The number of hydrogen-bond donors (Lipinski definition) is 1. The van der Waals surface area contributed by atoms with Crippen LogP contribution < -0.4 is 5.73 Å². The van der Waals surface area contributed by atoms with Crippen molar-refractivity contribution in [2.24, 2.45) is 23.5 Å². The number of ketones is 1. The fraction of sp³-hybridized carbons (Fsp3) is 0.538. The van der Waals surface area contributed by atoms with Crippen LogP contribution in [0.5, 0.6) is 0 Å². The second-order valence-corrected chi connectivity index (χ2v) is 19.3. The van der Waals surface area contributed by atoms with E-state index >= 15 is 0 Å². The van der Waals surface area contributed by atoms with Crippen molar-refractivity contribution in [1.29, 1.82) is 0 Å². The zero-order valence-corrected chi connectivity index (χ0v) is 34.7. The number of nitrogens with zero attached hydrogens (tertiary/aromatic N) is 2. The van der Waals surface area contributed by atoms with Gasteiger partial charge in [0.2, 0.25) is 0 Å². The third-order valence-electron chi connectivity index (χ3n) is 12.5. The summed E-state index contributed by atoms with van der Waals surface area (Å²) in [5.41, 5.74) is 8.44. The van der Waals surface area contributed by atoms with Gasteiger partial charge in [0.1, 0.15) is 0 Å². The summed E-state index contributed by atoms with van der Waals surface area (Å²) in [6.07, 6.45) is 13.0. The number of aryl methyl sites for hydroxylation is 1. The Balaban J connectivity index is 0.000000154. The number of fused-ring (bicyclic) bond motifs is 6. The number of rotatable bonds is 4. The molecule has 0 radical (unpaired) electrons. The zero-order chi connectivity index (χ0) is 38.0. The first-order chi connectivity index (χ1) is 25.4. The van der Waals surface area contributed by atoms with Crippen molar-refractivity contribution < 1.29 is 31.2 Å². The summed E-state index contributed by atoms with van der Waals surface area (Å²) < 4.78 is 41.4. The highest BCUT2D eigenvalue weighted by Crippen LogP contribution is 2.59. The molecule has 2 N–H and O–H groups in total. The molecule has 2 atom stereocenters. The second-order valence-electron chi connectivity index (χ2n) is 15.2. The van der Waals surface area contributed by atoms with Gasteiger partial charge >= 0.3 is 17.7 Å². The smallest absolute Gasteiger partial charge is 0.326 e. The molecule has 4 bridgehead atoms. The maximum absolute atomic E-state index is 13.0. The Hall–Kier alpha value is -2.65. The highest BCUT2D eigenvalue weighted by molar-refractivity contribution is 7.91. The van der Waals surface area contributed by atoms with Crippen molar-refractivity contribution in [1.82, 2.24) is 9.80 Å². The predicted molar refractivity (Wildman–Crippen MR) is 216 cm³/mol.